The molecule has 0 spiro atoms. The molecule has 1 aliphatic rings. The Morgan fingerprint density at radius 3 is 1.39 bits per heavy atom. The van der Waals surface area contributed by atoms with Crippen molar-refractivity contribution in [3.8, 4) is 0 Å². The van der Waals surface area contributed by atoms with E-state index in [-0.39, 0.29) is 6.42 Å². The van der Waals surface area contributed by atoms with Crippen LogP contribution in [0.2, 0.25) is 0 Å². The van der Waals surface area contributed by atoms with Gasteiger partial charge in [0.15, 0.2) is 6.29 Å². The number of aliphatic hydroxyl groups is 5. The normalized spacial score (nSPS) is 20.4. The lowest BCUT2D eigenvalue weighted by atomic mass is 9.99. The van der Waals surface area contributed by atoms with Crippen LogP contribution in [-0.4, -0.2) is 107 Å². The Morgan fingerprint density at radius 1 is 0.580 bits per heavy atom. The number of nitrogens with one attached hydrogen (secondary N) is 1. The van der Waals surface area contributed by atoms with Gasteiger partial charge in [-0.2, -0.15) is 8.42 Å². The fourth-order valence-corrected chi connectivity index (χ4v) is 9.36. The van der Waals surface area contributed by atoms with Gasteiger partial charge < -0.3 is 40.3 Å². The van der Waals surface area contributed by atoms with Crippen LogP contribution in [0, 0.1) is 0 Å². The molecule has 1 aliphatic heterocycles. The predicted octanol–water partition coefficient (Wildman–Crippen LogP) is 11.6. The zero-order valence-corrected chi connectivity index (χ0v) is 44.3. The molecule has 0 radical (unpaired) electrons. The summed E-state index contributed by atoms with van der Waals surface area (Å²) in [7, 11) is -5.13. The lowest BCUT2D eigenvalue weighted by Gasteiger charge is -2.41. The van der Waals surface area contributed by atoms with Gasteiger partial charge in [-0.3, -0.25) is 9.35 Å². The molecule has 0 aliphatic carbocycles. The van der Waals surface area contributed by atoms with Crippen LogP contribution in [0.4, 0.5) is 0 Å². The number of hydrogen-bond donors (Lipinski definition) is 7. The molecule has 7 N–H and O–H groups in total. The van der Waals surface area contributed by atoms with Crippen LogP contribution in [0.5, 0.6) is 0 Å². The zero-order valence-electron chi connectivity index (χ0n) is 43.5. The number of allylic oxidation sites excluding steroid dienone is 5. The first-order valence-electron chi connectivity index (χ1n) is 28.0. The summed E-state index contributed by atoms with van der Waals surface area (Å²) in [4.78, 5) is 13.2. The predicted molar refractivity (Wildman–Crippen MR) is 279 cm³/mol. The highest BCUT2D eigenvalue weighted by atomic mass is 32.3. The van der Waals surface area contributed by atoms with Crippen LogP contribution in [0.1, 0.15) is 245 Å². The van der Waals surface area contributed by atoms with Crippen molar-refractivity contribution in [1.82, 2.24) is 5.32 Å². The van der Waals surface area contributed by atoms with Gasteiger partial charge in [0, 0.05) is 0 Å². The van der Waals surface area contributed by atoms with Gasteiger partial charge >= 0.3 is 10.4 Å². The minimum atomic E-state index is -5.13. The summed E-state index contributed by atoms with van der Waals surface area (Å²) in [5.41, 5.74) is 0. The maximum Gasteiger partial charge on any atom is 0.397 e. The third-order valence-corrected chi connectivity index (χ3v) is 13.7. The molecule has 0 aromatic carbocycles. The lowest BCUT2D eigenvalue weighted by Crippen LogP contribution is -2.61. The summed E-state index contributed by atoms with van der Waals surface area (Å²) in [5, 5.41) is 55.4. The largest absolute Gasteiger partial charge is 0.397 e. The summed E-state index contributed by atoms with van der Waals surface area (Å²) in [6.07, 6.45) is 43.7. The molecule has 8 unspecified atom stereocenters. The number of unbranched alkanes of at least 4 members (excludes halogenated alkanes) is 31. The van der Waals surface area contributed by atoms with Gasteiger partial charge in [0.05, 0.1) is 25.4 Å². The molecular weight excluding hydrogens is 899 g/mol. The average molecular weight is 1000 g/mol. The molecule has 0 aromatic heterocycles. The van der Waals surface area contributed by atoms with E-state index >= 15 is 0 Å². The van der Waals surface area contributed by atoms with Crippen LogP contribution in [-0.2, 0) is 28.9 Å². The quantitative estimate of drug-likeness (QED) is 0.0172. The third kappa shape index (κ3) is 36.8. The van der Waals surface area contributed by atoms with E-state index < -0.39 is 78.5 Å². The van der Waals surface area contributed by atoms with Gasteiger partial charge in [-0.15, -0.1) is 0 Å². The summed E-state index contributed by atoms with van der Waals surface area (Å²) in [6, 6.07) is -1.14. The van der Waals surface area contributed by atoms with Gasteiger partial charge in [0.25, 0.3) is 0 Å². The minimum absolute atomic E-state index is 0.237. The smallest absolute Gasteiger partial charge is 0.394 e. The number of ether oxygens (including phenoxy) is 2. The summed E-state index contributed by atoms with van der Waals surface area (Å²) in [5.74, 6) is -0.712. The Hall–Kier alpha value is -1.72. The fraction of sp³-hybridized carbons (Fsp3) is 0.873. The van der Waals surface area contributed by atoms with E-state index in [1.165, 1.54) is 173 Å². The first-order chi connectivity index (χ1) is 33.4. The van der Waals surface area contributed by atoms with Crippen molar-refractivity contribution in [3.63, 3.8) is 0 Å². The Labute approximate surface area is 420 Å². The number of amides is 1. The second kappa shape index (κ2) is 44.9. The summed E-state index contributed by atoms with van der Waals surface area (Å²) >= 11 is 0. The molecule has 1 amide bonds. The van der Waals surface area contributed by atoms with Gasteiger partial charge in [0.2, 0.25) is 5.91 Å². The van der Waals surface area contributed by atoms with Crippen LogP contribution < -0.4 is 5.32 Å². The molecule has 0 aromatic rings. The molecule has 0 saturated carbocycles. The number of aliphatic hydroxyl groups excluding tert-OH is 5. The number of carbonyl (C=O) groups excluding carboxylic acids is 1. The molecular formula is C55H103NO12S. The molecule has 1 rings (SSSR count). The Kier molecular flexibility index (Phi) is 42.5. The Balaban J connectivity index is 2.47. The van der Waals surface area contributed by atoms with Crippen molar-refractivity contribution < 1.29 is 57.0 Å². The molecule has 1 saturated heterocycles. The zero-order chi connectivity index (χ0) is 50.6. The molecule has 1 heterocycles. The maximum absolute atomic E-state index is 13.2. The number of hydrogen-bond acceptors (Lipinski definition) is 11. The van der Waals surface area contributed by atoms with Crippen molar-refractivity contribution >= 4 is 16.3 Å². The van der Waals surface area contributed by atoms with Crippen molar-refractivity contribution in [2.45, 2.75) is 294 Å². The van der Waals surface area contributed by atoms with Crippen molar-refractivity contribution in [2.75, 3.05) is 13.2 Å². The second-order valence-electron chi connectivity index (χ2n) is 19.7. The molecule has 406 valence electrons. The first kappa shape index (κ1) is 65.3. The van der Waals surface area contributed by atoms with Gasteiger partial charge in [0.1, 0.15) is 30.5 Å². The molecule has 0 bridgehead atoms. The molecule has 8 atom stereocenters. The van der Waals surface area contributed by atoms with Gasteiger partial charge in [-0.05, 0) is 44.9 Å². The first-order valence-corrected chi connectivity index (χ1v) is 29.3. The van der Waals surface area contributed by atoms with Crippen LogP contribution in [0.3, 0.4) is 0 Å². The number of carbonyl (C=O) groups is 1. The van der Waals surface area contributed by atoms with E-state index in [2.05, 4.69) is 47.7 Å². The van der Waals surface area contributed by atoms with E-state index in [9.17, 15) is 43.3 Å². The van der Waals surface area contributed by atoms with E-state index in [0.717, 1.165) is 44.9 Å². The third-order valence-electron chi connectivity index (χ3n) is 13.3. The molecule has 69 heavy (non-hydrogen) atoms. The Bertz CT molecular complexity index is 1380. The van der Waals surface area contributed by atoms with E-state index in [4.69, 9.17) is 9.47 Å². The highest BCUT2D eigenvalue weighted by Gasteiger charge is 2.48. The highest BCUT2D eigenvalue weighted by Crippen LogP contribution is 2.26. The second-order valence-corrected chi connectivity index (χ2v) is 20.7. The van der Waals surface area contributed by atoms with Crippen molar-refractivity contribution in [3.05, 3.63) is 36.5 Å². The SMILES string of the molecule is CCCCCCCCCC/C=C/CC/C=C/CC/C=C/C(O)C(COC1OC(CO)C(O)C(OS(=O)(=O)O)C1O)NC(=O)C(O)CCCCCCCCCCCCCCCCCCCCCCCC. The fourth-order valence-electron chi connectivity index (χ4n) is 8.85. The summed E-state index contributed by atoms with van der Waals surface area (Å²) in [6.45, 7) is 3.23. The van der Waals surface area contributed by atoms with E-state index in [1.807, 2.05) is 0 Å². The van der Waals surface area contributed by atoms with Crippen LogP contribution >= 0.6 is 0 Å². The topological polar surface area (TPSA) is 212 Å². The maximum atomic E-state index is 13.2. The standard InChI is InChI=1S/C55H103NO12S/c1-3-5-7-9-11-13-15-17-19-21-23-24-25-26-28-30-32-34-36-38-40-42-44-49(59)54(62)56-47(46-66-55-52(61)53(68-69(63,64)65)51(60)50(45-57)67-55)48(58)43-41-39-37-35-33-31-29-27-22-20-18-16-14-12-10-8-6-4-2/h22,27,33,35,41,43,47-53,55,57-61H,3-21,23-26,28-32,34,36-40,42,44-46H2,1-2H3,(H,56,62)(H,63,64,65)/b27-22+,35-33+,43-41+. The highest BCUT2D eigenvalue weighted by molar-refractivity contribution is 7.80. The Morgan fingerprint density at radius 2 is 0.971 bits per heavy atom. The van der Waals surface area contributed by atoms with E-state index in [0.29, 0.717) is 12.8 Å². The van der Waals surface area contributed by atoms with Crippen molar-refractivity contribution in [2.24, 2.45) is 0 Å². The lowest BCUT2D eigenvalue weighted by molar-refractivity contribution is -0.298. The van der Waals surface area contributed by atoms with E-state index in [1.54, 1.807) is 6.08 Å². The summed E-state index contributed by atoms with van der Waals surface area (Å²) < 4.78 is 47.7. The van der Waals surface area contributed by atoms with Crippen LogP contribution in [0.25, 0.3) is 0 Å². The van der Waals surface area contributed by atoms with Crippen LogP contribution in [0.15, 0.2) is 36.5 Å². The molecule has 13 nitrogen and oxygen atoms in total. The van der Waals surface area contributed by atoms with Gasteiger partial charge in [-0.25, -0.2) is 4.18 Å². The van der Waals surface area contributed by atoms with Gasteiger partial charge in [-0.1, -0.05) is 237 Å². The minimum Gasteiger partial charge on any atom is -0.394 e. The molecule has 1 fully saturated rings. The monoisotopic (exact) mass is 1000 g/mol. The van der Waals surface area contributed by atoms with Crippen molar-refractivity contribution in [1.29, 1.82) is 0 Å². The molecule has 14 heteroatoms. The average Bonchev–Trinajstić information content (AvgIpc) is 3.32. The number of rotatable bonds is 48.